The molecule has 0 amide bonds. The molecule has 1 saturated carbocycles. The van der Waals surface area contributed by atoms with Crippen LogP contribution in [-0.4, -0.2) is 0 Å². The first kappa shape index (κ1) is 10.6. The molecule has 1 rings (SSSR count). The van der Waals surface area contributed by atoms with Gasteiger partial charge in [0.2, 0.25) is 0 Å². The molecule has 0 bridgehead atoms. The second-order valence-corrected chi connectivity index (χ2v) is 4.69. The average molecular weight is 178 g/mol. The molecule has 0 heterocycles. The molecular formula is C13H22. The summed E-state index contributed by atoms with van der Waals surface area (Å²) in [6.07, 6.45) is 3.72. The lowest BCUT2D eigenvalue weighted by Crippen LogP contribution is -2.27. The fourth-order valence-corrected chi connectivity index (χ4v) is 2.41. The van der Waals surface area contributed by atoms with E-state index in [4.69, 9.17) is 0 Å². The maximum Gasteiger partial charge on any atom is 0.0233 e. The summed E-state index contributed by atoms with van der Waals surface area (Å²) in [6, 6.07) is 0. The zero-order chi connectivity index (χ0) is 9.84. The van der Waals surface area contributed by atoms with Crippen LogP contribution < -0.4 is 0 Å². The molecule has 13 heavy (non-hydrogen) atoms. The monoisotopic (exact) mass is 178 g/mol. The molecule has 0 N–H and O–H groups in total. The molecule has 4 unspecified atom stereocenters. The second-order valence-electron chi connectivity index (χ2n) is 4.69. The van der Waals surface area contributed by atoms with Crippen molar-refractivity contribution in [2.24, 2.45) is 23.7 Å². The van der Waals surface area contributed by atoms with Crippen molar-refractivity contribution in [2.75, 3.05) is 0 Å². The van der Waals surface area contributed by atoms with E-state index in [1.807, 2.05) is 0 Å². The smallest absolute Gasteiger partial charge is 0.0233 e. The minimum absolute atomic E-state index is 0.665. The summed E-state index contributed by atoms with van der Waals surface area (Å²) in [7, 11) is 0. The quantitative estimate of drug-likeness (QED) is 0.496. The molecular weight excluding hydrogens is 156 g/mol. The lowest BCUT2D eigenvalue weighted by Gasteiger charge is -2.34. The van der Waals surface area contributed by atoms with Crippen molar-refractivity contribution in [1.29, 1.82) is 0 Å². The highest BCUT2D eigenvalue weighted by atomic mass is 14.3. The fraction of sp³-hybridized carbons (Fsp3) is 0.846. The third kappa shape index (κ3) is 2.76. The van der Waals surface area contributed by atoms with Crippen LogP contribution in [0.1, 0.15) is 47.0 Å². The molecule has 0 aliphatic heterocycles. The number of hydrogen-bond donors (Lipinski definition) is 0. The second kappa shape index (κ2) is 4.70. The maximum atomic E-state index is 3.43. The number of hydrogen-bond acceptors (Lipinski definition) is 0. The van der Waals surface area contributed by atoms with E-state index in [-0.39, 0.29) is 0 Å². The Morgan fingerprint density at radius 1 is 1.15 bits per heavy atom. The molecule has 1 aliphatic carbocycles. The Balaban J connectivity index is 2.60. The molecule has 0 aromatic heterocycles. The van der Waals surface area contributed by atoms with Gasteiger partial charge in [-0.2, -0.15) is 0 Å². The predicted octanol–water partition coefficient (Wildman–Crippen LogP) is 3.72. The van der Waals surface area contributed by atoms with Gasteiger partial charge in [0.1, 0.15) is 0 Å². The van der Waals surface area contributed by atoms with Gasteiger partial charge in [0, 0.05) is 12.3 Å². The van der Waals surface area contributed by atoms with Gasteiger partial charge in [-0.05, 0) is 30.6 Å². The van der Waals surface area contributed by atoms with E-state index >= 15 is 0 Å². The van der Waals surface area contributed by atoms with E-state index in [0.717, 1.165) is 24.2 Å². The Hall–Kier alpha value is -0.440. The summed E-state index contributed by atoms with van der Waals surface area (Å²) in [5.74, 6) is 9.88. The molecule has 0 aromatic rings. The Morgan fingerprint density at radius 3 is 2.46 bits per heavy atom. The zero-order valence-electron chi connectivity index (χ0n) is 9.43. The van der Waals surface area contributed by atoms with Crippen molar-refractivity contribution in [2.45, 2.75) is 47.0 Å². The minimum Gasteiger partial charge on any atom is -0.103 e. The molecule has 1 aliphatic rings. The van der Waals surface area contributed by atoms with Crippen molar-refractivity contribution >= 4 is 0 Å². The molecule has 1 fully saturated rings. The van der Waals surface area contributed by atoms with Crippen molar-refractivity contribution in [3.05, 3.63) is 0 Å². The largest absolute Gasteiger partial charge is 0.103 e. The van der Waals surface area contributed by atoms with Crippen LogP contribution >= 0.6 is 0 Å². The summed E-state index contributed by atoms with van der Waals surface area (Å²) < 4.78 is 0. The zero-order valence-corrected chi connectivity index (χ0v) is 9.43. The van der Waals surface area contributed by atoms with Gasteiger partial charge in [-0.15, -0.1) is 5.92 Å². The van der Waals surface area contributed by atoms with E-state index in [1.165, 1.54) is 12.8 Å². The van der Waals surface area contributed by atoms with E-state index in [2.05, 4.69) is 39.5 Å². The van der Waals surface area contributed by atoms with Crippen LogP contribution in [0.3, 0.4) is 0 Å². The third-order valence-electron chi connectivity index (χ3n) is 3.43. The minimum atomic E-state index is 0.665. The first-order chi connectivity index (χ1) is 6.15. The Labute approximate surface area is 83.1 Å². The summed E-state index contributed by atoms with van der Waals surface area (Å²) in [4.78, 5) is 0. The molecule has 0 spiro atoms. The van der Waals surface area contributed by atoms with Crippen molar-refractivity contribution in [3.63, 3.8) is 0 Å². The normalized spacial score (nSPS) is 39.4. The molecule has 0 nitrogen and oxygen atoms in total. The van der Waals surface area contributed by atoms with Gasteiger partial charge in [0.15, 0.2) is 0 Å². The van der Waals surface area contributed by atoms with Crippen molar-refractivity contribution < 1.29 is 0 Å². The lowest BCUT2D eigenvalue weighted by molar-refractivity contribution is 0.175. The average Bonchev–Trinajstić information content (AvgIpc) is 2.09. The van der Waals surface area contributed by atoms with Gasteiger partial charge in [-0.1, -0.05) is 33.6 Å². The Bertz CT molecular complexity index is 206. The van der Waals surface area contributed by atoms with Gasteiger partial charge in [0.25, 0.3) is 0 Å². The van der Waals surface area contributed by atoms with E-state index in [9.17, 15) is 0 Å². The fourth-order valence-electron chi connectivity index (χ4n) is 2.41. The van der Waals surface area contributed by atoms with Gasteiger partial charge in [0.05, 0.1) is 0 Å². The first-order valence-corrected chi connectivity index (χ1v) is 5.63. The van der Waals surface area contributed by atoms with Crippen LogP contribution in [0.15, 0.2) is 0 Å². The van der Waals surface area contributed by atoms with Crippen LogP contribution in [0.2, 0.25) is 0 Å². The molecule has 0 radical (unpaired) electrons. The van der Waals surface area contributed by atoms with Gasteiger partial charge >= 0.3 is 0 Å². The summed E-state index contributed by atoms with van der Waals surface area (Å²) >= 11 is 0. The summed E-state index contributed by atoms with van der Waals surface area (Å²) in [5, 5.41) is 0. The number of rotatable bonds is 0. The van der Waals surface area contributed by atoms with Crippen LogP contribution in [0, 0.1) is 35.5 Å². The van der Waals surface area contributed by atoms with Crippen LogP contribution in [0.5, 0.6) is 0 Å². The van der Waals surface area contributed by atoms with Crippen molar-refractivity contribution in [1.82, 2.24) is 0 Å². The molecule has 0 aromatic carbocycles. The third-order valence-corrected chi connectivity index (χ3v) is 3.43. The van der Waals surface area contributed by atoms with Crippen molar-refractivity contribution in [3.8, 4) is 11.8 Å². The molecule has 0 heteroatoms. The van der Waals surface area contributed by atoms with Gasteiger partial charge in [-0.3, -0.25) is 0 Å². The van der Waals surface area contributed by atoms with E-state index in [0.29, 0.717) is 5.92 Å². The standard InChI is InChI=1S/C13H22/c1-5-6-7-13-9-10(2)8-11(3)12(13)4/h10-13H,5,8-9H2,1-4H3. The highest BCUT2D eigenvalue weighted by Gasteiger charge is 2.29. The Morgan fingerprint density at radius 2 is 1.85 bits per heavy atom. The van der Waals surface area contributed by atoms with Crippen LogP contribution in [0.25, 0.3) is 0 Å². The molecule has 74 valence electrons. The van der Waals surface area contributed by atoms with Crippen LogP contribution in [-0.2, 0) is 0 Å². The van der Waals surface area contributed by atoms with Gasteiger partial charge in [-0.25, -0.2) is 0 Å². The molecule has 0 saturated heterocycles. The predicted molar refractivity (Wildman–Crippen MR) is 58.3 cm³/mol. The Kier molecular flexibility index (Phi) is 3.85. The summed E-state index contributed by atoms with van der Waals surface area (Å²) in [6.45, 7) is 9.24. The first-order valence-electron chi connectivity index (χ1n) is 5.63. The summed E-state index contributed by atoms with van der Waals surface area (Å²) in [5.41, 5.74) is 0. The van der Waals surface area contributed by atoms with Crippen LogP contribution in [0.4, 0.5) is 0 Å². The maximum absolute atomic E-state index is 3.43. The highest BCUT2D eigenvalue weighted by Crippen LogP contribution is 2.37. The van der Waals surface area contributed by atoms with Gasteiger partial charge < -0.3 is 0 Å². The lowest BCUT2D eigenvalue weighted by atomic mass is 9.70. The van der Waals surface area contributed by atoms with E-state index in [1.54, 1.807) is 0 Å². The molecule has 4 atom stereocenters. The SMILES string of the molecule is CCC#CC1CC(C)CC(C)C1C. The highest BCUT2D eigenvalue weighted by molar-refractivity contribution is 5.06. The topological polar surface area (TPSA) is 0 Å². The van der Waals surface area contributed by atoms with E-state index < -0.39 is 0 Å².